The van der Waals surface area contributed by atoms with E-state index in [0.29, 0.717) is 29.9 Å². The molecular weight excluding hydrogens is 366 g/mol. The molecule has 1 saturated heterocycles. The molecule has 2 N–H and O–H groups in total. The van der Waals surface area contributed by atoms with Gasteiger partial charge in [0.25, 0.3) is 5.56 Å². The van der Waals surface area contributed by atoms with Crippen molar-refractivity contribution < 1.29 is 4.79 Å². The summed E-state index contributed by atoms with van der Waals surface area (Å²) in [5.74, 6) is 1.46. The third-order valence-electron chi connectivity index (χ3n) is 5.94. The van der Waals surface area contributed by atoms with Gasteiger partial charge < -0.3 is 15.2 Å². The second-order valence-corrected chi connectivity index (χ2v) is 8.30. The molecule has 0 bridgehead atoms. The second kappa shape index (κ2) is 8.86. The summed E-state index contributed by atoms with van der Waals surface area (Å²) in [6.45, 7) is 5.19. The number of rotatable bonds is 7. The van der Waals surface area contributed by atoms with E-state index >= 15 is 0 Å². The average Bonchev–Trinajstić information content (AvgIpc) is 3.53. The van der Waals surface area contributed by atoms with Crippen molar-refractivity contribution >= 4 is 5.91 Å². The number of aromatic amines is 1. The molecule has 3 heterocycles. The van der Waals surface area contributed by atoms with Gasteiger partial charge in [0.05, 0.1) is 0 Å². The van der Waals surface area contributed by atoms with Gasteiger partial charge in [0.1, 0.15) is 5.82 Å². The number of nitrogens with zero attached hydrogens (tertiary/aromatic N) is 3. The predicted molar refractivity (Wildman–Crippen MR) is 111 cm³/mol. The molecule has 1 aliphatic heterocycles. The Morgan fingerprint density at radius 1 is 1.21 bits per heavy atom. The number of hydrogen-bond acceptors (Lipinski definition) is 5. The molecule has 0 aromatic carbocycles. The molecule has 2 fully saturated rings. The van der Waals surface area contributed by atoms with Crippen LogP contribution in [-0.4, -0.2) is 51.4 Å². The lowest BCUT2D eigenvalue weighted by Gasteiger charge is -2.32. The lowest BCUT2D eigenvalue weighted by Crippen LogP contribution is -2.45. The van der Waals surface area contributed by atoms with Crippen molar-refractivity contribution in [1.82, 2.24) is 25.2 Å². The first-order chi connectivity index (χ1) is 14.1. The Kier molecular flexibility index (Phi) is 6.04. The van der Waals surface area contributed by atoms with E-state index in [0.717, 1.165) is 37.4 Å². The van der Waals surface area contributed by atoms with Gasteiger partial charge in [0, 0.05) is 61.3 Å². The van der Waals surface area contributed by atoms with Crippen molar-refractivity contribution in [3.63, 3.8) is 0 Å². The monoisotopic (exact) mass is 395 g/mol. The van der Waals surface area contributed by atoms with E-state index in [2.05, 4.69) is 25.2 Å². The molecule has 7 nitrogen and oxygen atoms in total. The van der Waals surface area contributed by atoms with Crippen molar-refractivity contribution in [2.75, 3.05) is 19.6 Å². The summed E-state index contributed by atoms with van der Waals surface area (Å²) in [4.78, 5) is 38.8. The first-order valence-electron chi connectivity index (χ1n) is 10.6. The normalized spacial score (nSPS) is 18.0. The molecule has 2 aromatic rings. The Labute approximate surface area is 171 Å². The third kappa shape index (κ3) is 5.29. The molecule has 1 saturated carbocycles. The number of likely N-dealkylation sites (tertiary alicyclic amines) is 1. The minimum absolute atomic E-state index is 0.0163. The van der Waals surface area contributed by atoms with Crippen LogP contribution < -0.4 is 10.9 Å². The number of amides is 1. The largest absolute Gasteiger partial charge is 0.353 e. The molecule has 0 radical (unpaired) electrons. The van der Waals surface area contributed by atoms with Gasteiger partial charge in [-0.25, -0.2) is 4.98 Å². The van der Waals surface area contributed by atoms with E-state index < -0.39 is 0 Å². The molecule has 1 aliphatic carbocycles. The minimum Gasteiger partial charge on any atom is -0.353 e. The molecule has 1 amide bonds. The molecule has 2 aromatic heterocycles. The zero-order valence-electron chi connectivity index (χ0n) is 17.0. The minimum atomic E-state index is -0.175. The summed E-state index contributed by atoms with van der Waals surface area (Å²) in [5, 5.41) is 3.15. The van der Waals surface area contributed by atoms with Crippen LogP contribution in [0.2, 0.25) is 0 Å². The average molecular weight is 396 g/mol. The Hall–Kier alpha value is -2.54. The van der Waals surface area contributed by atoms with E-state index in [1.54, 1.807) is 24.5 Å². The summed E-state index contributed by atoms with van der Waals surface area (Å²) in [6, 6.07) is 3.87. The van der Waals surface area contributed by atoms with Gasteiger partial charge in [-0.1, -0.05) is 0 Å². The van der Waals surface area contributed by atoms with Crippen LogP contribution in [-0.2, 0) is 11.2 Å². The number of pyridine rings is 1. The van der Waals surface area contributed by atoms with Crippen LogP contribution in [0.15, 0.2) is 29.3 Å². The molecule has 0 atom stereocenters. The SMILES string of the molecule is Cc1nc(-c2ccncc2)[nH]c(=O)c1CCC(=O)NC1CCN(CC2CC2)CC1. The number of piperidine rings is 1. The Morgan fingerprint density at radius 3 is 2.59 bits per heavy atom. The Balaban J connectivity index is 1.28. The van der Waals surface area contributed by atoms with Gasteiger partial charge in [0.2, 0.25) is 5.91 Å². The number of aromatic nitrogens is 3. The highest BCUT2D eigenvalue weighted by molar-refractivity contribution is 5.76. The van der Waals surface area contributed by atoms with Gasteiger partial charge in [-0.3, -0.25) is 14.6 Å². The summed E-state index contributed by atoms with van der Waals surface area (Å²) in [6.07, 6.45) is 8.83. The van der Waals surface area contributed by atoms with Crippen LogP contribution in [0, 0.1) is 12.8 Å². The lowest BCUT2D eigenvalue weighted by atomic mass is 10.0. The second-order valence-electron chi connectivity index (χ2n) is 8.30. The molecule has 7 heteroatoms. The van der Waals surface area contributed by atoms with E-state index in [-0.39, 0.29) is 17.5 Å². The molecule has 0 spiro atoms. The maximum atomic E-state index is 12.5. The first kappa shape index (κ1) is 19.8. The number of aryl methyl sites for hydroxylation is 1. The number of carbonyl (C=O) groups excluding carboxylic acids is 1. The van der Waals surface area contributed by atoms with Crippen molar-refractivity contribution in [3.8, 4) is 11.4 Å². The van der Waals surface area contributed by atoms with Crippen molar-refractivity contribution in [3.05, 3.63) is 46.1 Å². The predicted octanol–water partition coefficient (Wildman–Crippen LogP) is 2.06. The van der Waals surface area contributed by atoms with E-state index in [9.17, 15) is 9.59 Å². The zero-order chi connectivity index (χ0) is 20.2. The van der Waals surface area contributed by atoms with E-state index in [1.165, 1.54) is 19.4 Å². The number of hydrogen-bond donors (Lipinski definition) is 2. The fraction of sp³-hybridized carbons (Fsp3) is 0.545. The van der Waals surface area contributed by atoms with E-state index in [1.807, 2.05) is 6.92 Å². The fourth-order valence-corrected chi connectivity index (χ4v) is 4.02. The van der Waals surface area contributed by atoms with Gasteiger partial charge in [-0.05, 0) is 57.1 Å². The van der Waals surface area contributed by atoms with E-state index in [4.69, 9.17) is 0 Å². The summed E-state index contributed by atoms with van der Waals surface area (Å²) in [7, 11) is 0. The zero-order valence-corrected chi connectivity index (χ0v) is 17.0. The van der Waals surface area contributed by atoms with Crippen molar-refractivity contribution in [2.24, 2.45) is 5.92 Å². The van der Waals surface area contributed by atoms with Gasteiger partial charge in [-0.2, -0.15) is 0 Å². The van der Waals surface area contributed by atoms with Crippen LogP contribution >= 0.6 is 0 Å². The van der Waals surface area contributed by atoms with Crippen LogP contribution in [0.1, 0.15) is 43.4 Å². The van der Waals surface area contributed by atoms with Gasteiger partial charge in [0.15, 0.2) is 0 Å². The highest BCUT2D eigenvalue weighted by atomic mass is 16.1. The molecule has 4 rings (SSSR count). The Bertz CT molecular complexity index is 899. The van der Waals surface area contributed by atoms with Gasteiger partial charge >= 0.3 is 0 Å². The van der Waals surface area contributed by atoms with Crippen LogP contribution in [0.3, 0.4) is 0 Å². The topological polar surface area (TPSA) is 91.0 Å². The lowest BCUT2D eigenvalue weighted by molar-refractivity contribution is -0.122. The molecule has 29 heavy (non-hydrogen) atoms. The standard InChI is InChI=1S/C22H29N5O2/c1-15-19(22(29)26-21(24-15)17-6-10-23-11-7-17)4-5-20(28)25-18-8-12-27(13-9-18)14-16-2-3-16/h6-7,10-11,16,18H,2-5,8-9,12-14H2,1H3,(H,25,28)(H,24,26,29). The molecule has 154 valence electrons. The summed E-state index contributed by atoms with van der Waals surface area (Å²) < 4.78 is 0. The quantitative estimate of drug-likeness (QED) is 0.749. The van der Waals surface area contributed by atoms with Crippen molar-refractivity contribution in [2.45, 2.75) is 51.5 Å². The molecular formula is C22H29N5O2. The maximum Gasteiger partial charge on any atom is 0.254 e. The Morgan fingerprint density at radius 2 is 1.93 bits per heavy atom. The smallest absolute Gasteiger partial charge is 0.254 e. The first-order valence-corrected chi connectivity index (χ1v) is 10.6. The number of carbonyl (C=O) groups is 1. The van der Waals surface area contributed by atoms with Crippen molar-refractivity contribution in [1.29, 1.82) is 0 Å². The molecule has 2 aliphatic rings. The fourth-order valence-electron chi connectivity index (χ4n) is 4.02. The number of nitrogens with one attached hydrogen (secondary N) is 2. The highest BCUT2D eigenvalue weighted by Gasteiger charge is 2.27. The molecule has 0 unspecified atom stereocenters. The van der Waals surface area contributed by atoms with Crippen LogP contribution in [0.4, 0.5) is 0 Å². The maximum absolute atomic E-state index is 12.5. The summed E-state index contributed by atoms with van der Waals surface area (Å²) in [5.41, 5.74) is 1.89. The summed E-state index contributed by atoms with van der Waals surface area (Å²) >= 11 is 0. The van der Waals surface area contributed by atoms with Crippen LogP contribution in [0.5, 0.6) is 0 Å². The number of H-pyrrole nitrogens is 1. The van der Waals surface area contributed by atoms with Gasteiger partial charge in [-0.15, -0.1) is 0 Å². The van der Waals surface area contributed by atoms with Crippen LogP contribution in [0.25, 0.3) is 11.4 Å². The highest BCUT2D eigenvalue weighted by Crippen LogP contribution is 2.30. The third-order valence-corrected chi connectivity index (χ3v) is 5.94.